The lowest BCUT2D eigenvalue weighted by Gasteiger charge is -1.92. The first-order valence-electron chi connectivity index (χ1n) is 3.61. The first-order valence-corrected chi connectivity index (χ1v) is 5.56. The van der Waals surface area contributed by atoms with E-state index in [4.69, 9.17) is 0 Å². The SMILES string of the molecule is CS(=O)(=O)/C=C/c1cccc(F)c1. The van der Waals surface area contributed by atoms with Gasteiger partial charge < -0.3 is 0 Å². The summed E-state index contributed by atoms with van der Waals surface area (Å²) in [6.45, 7) is 0. The van der Waals surface area contributed by atoms with Crippen molar-refractivity contribution in [2.45, 2.75) is 0 Å². The maximum Gasteiger partial charge on any atom is 0.168 e. The van der Waals surface area contributed by atoms with Crippen LogP contribution >= 0.6 is 0 Å². The Labute approximate surface area is 76.6 Å². The zero-order chi connectivity index (χ0) is 9.90. The maximum absolute atomic E-state index is 12.6. The fourth-order valence-corrected chi connectivity index (χ4v) is 1.22. The molecule has 0 saturated carbocycles. The van der Waals surface area contributed by atoms with Gasteiger partial charge in [0.25, 0.3) is 0 Å². The normalized spacial score (nSPS) is 12.2. The summed E-state index contributed by atoms with van der Waals surface area (Å²) >= 11 is 0. The molecule has 0 radical (unpaired) electrons. The Kier molecular flexibility index (Phi) is 2.83. The summed E-state index contributed by atoms with van der Waals surface area (Å²) in [5, 5.41) is 1.04. The van der Waals surface area contributed by atoms with E-state index in [1.54, 1.807) is 6.07 Å². The van der Waals surface area contributed by atoms with Crippen molar-refractivity contribution in [1.29, 1.82) is 0 Å². The number of halogens is 1. The van der Waals surface area contributed by atoms with E-state index < -0.39 is 9.84 Å². The van der Waals surface area contributed by atoms with Crippen LogP contribution in [0, 0.1) is 5.82 Å². The molecule has 1 aromatic rings. The van der Waals surface area contributed by atoms with E-state index in [0.717, 1.165) is 11.7 Å². The molecular formula is C9H9FO2S. The van der Waals surface area contributed by atoms with Crippen LogP contribution in [0.15, 0.2) is 29.7 Å². The second kappa shape index (κ2) is 3.70. The van der Waals surface area contributed by atoms with Crippen molar-refractivity contribution in [3.63, 3.8) is 0 Å². The van der Waals surface area contributed by atoms with Gasteiger partial charge in [0.2, 0.25) is 0 Å². The van der Waals surface area contributed by atoms with Crippen LogP contribution in [-0.4, -0.2) is 14.7 Å². The molecule has 2 nitrogen and oxygen atoms in total. The van der Waals surface area contributed by atoms with Gasteiger partial charge in [-0.3, -0.25) is 0 Å². The topological polar surface area (TPSA) is 34.1 Å². The van der Waals surface area contributed by atoms with Gasteiger partial charge in [-0.25, -0.2) is 12.8 Å². The first kappa shape index (κ1) is 9.92. The summed E-state index contributed by atoms with van der Waals surface area (Å²) in [5.41, 5.74) is 0.533. The van der Waals surface area contributed by atoms with E-state index in [9.17, 15) is 12.8 Å². The largest absolute Gasteiger partial charge is 0.225 e. The highest BCUT2D eigenvalue weighted by atomic mass is 32.2. The summed E-state index contributed by atoms with van der Waals surface area (Å²) < 4.78 is 34.0. The molecule has 0 aliphatic carbocycles. The van der Waals surface area contributed by atoms with Crippen molar-refractivity contribution < 1.29 is 12.8 Å². The van der Waals surface area contributed by atoms with Crippen molar-refractivity contribution in [2.75, 3.05) is 6.26 Å². The third-order valence-electron chi connectivity index (χ3n) is 1.36. The third-order valence-corrected chi connectivity index (χ3v) is 1.99. The van der Waals surface area contributed by atoms with Crippen molar-refractivity contribution in [2.24, 2.45) is 0 Å². The van der Waals surface area contributed by atoms with Gasteiger partial charge in [-0.05, 0) is 23.8 Å². The fraction of sp³-hybridized carbons (Fsp3) is 0.111. The number of benzene rings is 1. The molecule has 0 aromatic heterocycles. The number of sulfone groups is 1. The fourth-order valence-electron chi connectivity index (χ4n) is 0.812. The van der Waals surface area contributed by atoms with Crippen molar-refractivity contribution in [1.82, 2.24) is 0 Å². The summed E-state index contributed by atoms with van der Waals surface area (Å²) in [6.07, 6.45) is 2.45. The zero-order valence-corrected chi connectivity index (χ0v) is 7.88. The molecule has 0 spiro atoms. The van der Waals surface area contributed by atoms with E-state index in [1.165, 1.54) is 24.3 Å². The Morgan fingerprint density at radius 3 is 2.62 bits per heavy atom. The molecule has 0 N–H and O–H groups in total. The highest BCUT2D eigenvalue weighted by Crippen LogP contribution is 2.06. The van der Waals surface area contributed by atoms with Gasteiger partial charge in [0, 0.05) is 11.7 Å². The standard InChI is InChI=1S/C9H9FO2S/c1-13(11,12)6-5-8-3-2-4-9(10)7-8/h2-7H,1H3/b6-5+. The predicted molar refractivity (Wildman–Crippen MR) is 50.3 cm³/mol. The molecule has 0 aliphatic rings. The van der Waals surface area contributed by atoms with Crippen LogP contribution in [0.25, 0.3) is 6.08 Å². The summed E-state index contributed by atoms with van der Waals surface area (Å²) in [6, 6.07) is 5.72. The minimum atomic E-state index is -3.14. The van der Waals surface area contributed by atoms with Crippen LogP contribution in [-0.2, 0) is 9.84 Å². The molecule has 1 aromatic carbocycles. The molecule has 0 unspecified atom stereocenters. The van der Waals surface area contributed by atoms with Crippen LogP contribution < -0.4 is 0 Å². The Morgan fingerprint density at radius 1 is 1.38 bits per heavy atom. The molecule has 0 aliphatic heterocycles. The molecule has 0 saturated heterocycles. The minimum Gasteiger partial charge on any atom is -0.225 e. The Bertz CT molecular complexity index is 421. The van der Waals surface area contributed by atoms with E-state index >= 15 is 0 Å². The quantitative estimate of drug-likeness (QED) is 0.730. The van der Waals surface area contributed by atoms with Gasteiger partial charge in [-0.2, -0.15) is 0 Å². The monoisotopic (exact) mass is 200 g/mol. The van der Waals surface area contributed by atoms with Crippen LogP contribution in [0.4, 0.5) is 4.39 Å². The average Bonchev–Trinajstić information content (AvgIpc) is 2.00. The lowest BCUT2D eigenvalue weighted by molar-refractivity contribution is 0.610. The Balaban J connectivity index is 2.93. The molecule has 4 heteroatoms. The molecule has 0 fully saturated rings. The maximum atomic E-state index is 12.6. The Hall–Kier alpha value is -1.16. The highest BCUT2D eigenvalue weighted by Gasteiger charge is 1.94. The third kappa shape index (κ3) is 3.85. The molecule has 13 heavy (non-hydrogen) atoms. The predicted octanol–water partition coefficient (Wildman–Crippen LogP) is 1.84. The molecule has 70 valence electrons. The van der Waals surface area contributed by atoms with E-state index in [0.29, 0.717) is 5.56 Å². The van der Waals surface area contributed by atoms with E-state index in [1.807, 2.05) is 0 Å². The second-order valence-corrected chi connectivity index (χ2v) is 4.62. The number of hydrogen-bond acceptors (Lipinski definition) is 2. The lowest BCUT2D eigenvalue weighted by Crippen LogP contribution is -1.87. The first-order chi connectivity index (χ1) is 5.97. The molecule has 1 rings (SSSR count). The average molecular weight is 200 g/mol. The van der Waals surface area contributed by atoms with E-state index in [-0.39, 0.29) is 5.82 Å². The molecular weight excluding hydrogens is 191 g/mol. The smallest absolute Gasteiger partial charge is 0.168 e. The van der Waals surface area contributed by atoms with Gasteiger partial charge in [0.1, 0.15) is 5.82 Å². The van der Waals surface area contributed by atoms with Crippen molar-refractivity contribution in [3.05, 3.63) is 41.1 Å². The van der Waals surface area contributed by atoms with Gasteiger partial charge in [-0.1, -0.05) is 12.1 Å². The zero-order valence-electron chi connectivity index (χ0n) is 7.07. The number of hydrogen-bond donors (Lipinski definition) is 0. The van der Waals surface area contributed by atoms with Gasteiger partial charge >= 0.3 is 0 Å². The van der Waals surface area contributed by atoms with Gasteiger partial charge in [-0.15, -0.1) is 0 Å². The van der Waals surface area contributed by atoms with Crippen molar-refractivity contribution >= 4 is 15.9 Å². The van der Waals surface area contributed by atoms with Crippen LogP contribution in [0.5, 0.6) is 0 Å². The molecule has 0 atom stereocenters. The van der Waals surface area contributed by atoms with Crippen LogP contribution in [0.1, 0.15) is 5.56 Å². The van der Waals surface area contributed by atoms with Crippen LogP contribution in [0.3, 0.4) is 0 Å². The molecule has 0 amide bonds. The highest BCUT2D eigenvalue weighted by molar-refractivity contribution is 7.93. The lowest BCUT2D eigenvalue weighted by atomic mass is 10.2. The minimum absolute atomic E-state index is 0.379. The van der Waals surface area contributed by atoms with E-state index in [2.05, 4.69) is 0 Å². The second-order valence-electron chi connectivity index (χ2n) is 2.69. The summed E-state index contributed by atoms with van der Waals surface area (Å²) in [5.74, 6) is -0.379. The van der Waals surface area contributed by atoms with Gasteiger partial charge in [0.05, 0.1) is 0 Å². The van der Waals surface area contributed by atoms with Crippen LogP contribution in [0.2, 0.25) is 0 Å². The van der Waals surface area contributed by atoms with Gasteiger partial charge in [0.15, 0.2) is 9.84 Å². The summed E-state index contributed by atoms with van der Waals surface area (Å²) in [4.78, 5) is 0. The number of rotatable bonds is 2. The molecule has 0 bridgehead atoms. The van der Waals surface area contributed by atoms with Crippen molar-refractivity contribution in [3.8, 4) is 0 Å². The Morgan fingerprint density at radius 2 is 2.08 bits per heavy atom. The molecule has 0 heterocycles. The summed E-state index contributed by atoms with van der Waals surface area (Å²) in [7, 11) is -3.14.